The molecule has 0 spiro atoms. The third kappa shape index (κ3) is 4.61. The Morgan fingerprint density at radius 2 is 1.71 bits per heavy atom. The SMILES string of the molecule is CC(=O)NNC(=O)COC(=O)C1=NN(c2c(F)c(F)cc(F)c2F)C(=O)CC1. The summed E-state index contributed by atoms with van der Waals surface area (Å²) in [4.78, 5) is 45.8. The molecule has 0 bridgehead atoms. The lowest BCUT2D eigenvalue weighted by atomic mass is 10.1. The molecule has 28 heavy (non-hydrogen) atoms. The van der Waals surface area contributed by atoms with Crippen molar-refractivity contribution in [3.63, 3.8) is 0 Å². The average Bonchev–Trinajstić information content (AvgIpc) is 2.64. The van der Waals surface area contributed by atoms with Gasteiger partial charge >= 0.3 is 5.97 Å². The number of anilines is 1. The van der Waals surface area contributed by atoms with Crippen molar-refractivity contribution in [2.75, 3.05) is 11.6 Å². The number of amides is 3. The molecular weight excluding hydrogens is 392 g/mol. The first-order valence-electron chi connectivity index (χ1n) is 7.57. The molecule has 1 aromatic rings. The third-order valence-corrected chi connectivity index (χ3v) is 3.28. The van der Waals surface area contributed by atoms with Crippen LogP contribution in [-0.4, -0.2) is 36.0 Å². The highest BCUT2D eigenvalue weighted by atomic mass is 19.2. The van der Waals surface area contributed by atoms with Crippen LogP contribution in [-0.2, 0) is 23.9 Å². The van der Waals surface area contributed by atoms with Crippen molar-refractivity contribution in [2.24, 2.45) is 5.10 Å². The molecular formula is C15H12F4N4O5. The highest BCUT2D eigenvalue weighted by Crippen LogP contribution is 2.30. The fraction of sp³-hybridized carbons (Fsp3) is 0.267. The van der Waals surface area contributed by atoms with Gasteiger partial charge in [-0.2, -0.15) is 10.1 Å². The fourth-order valence-corrected chi connectivity index (χ4v) is 2.03. The van der Waals surface area contributed by atoms with E-state index in [4.69, 9.17) is 0 Å². The normalized spacial score (nSPS) is 13.7. The Kier molecular flexibility index (Phi) is 6.28. The molecule has 0 aliphatic carbocycles. The molecule has 1 heterocycles. The van der Waals surface area contributed by atoms with E-state index in [0.29, 0.717) is 0 Å². The lowest BCUT2D eigenvalue weighted by Crippen LogP contribution is -2.43. The zero-order valence-electron chi connectivity index (χ0n) is 14.1. The van der Waals surface area contributed by atoms with Crippen LogP contribution in [0.3, 0.4) is 0 Å². The number of nitrogens with zero attached hydrogens (tertiary/aromatic N) is 2. The van der Waals surface area contributed by atoms with Crippen molar-refractivity contribution in [3.8, 4) is 0 Å². The smallest absolute Gasteiger partial charge is 0.355 e. The molecule has 1 aliphatic rings. The fourth-order valence-electron chi connectivity index (χ4n) is 2.03. The van der Waals surface area contributed by atoms with Crippen LogP contribution >= 0.6 is 0 Å². The number of hydrazine groups is 1. The molecule has 0 atom stereocenters. The number of hydrogen-bond acceptors (Lipinski definition) is 6. The van der Waals surface area contributed by atoms with Crippen LogP contribution in [0.4, 0.5) is 23.2 Å². The summed E-state index contributed by atoms with van der Waals surface area (Å²) in [7, 11) is 0. The molecule has 1 aromatic carbocycles. The number of benzene rings is 1. The van der Waals surface area contributed by atoms with Crippen molar-refractivity contribution in [2.45, 2.75) is 19.8 Å². The first-order valence-corrected chi connectivity index (χ1v) is 7.57. The maximum atomic E-state index is 13.9. The second kappa shape index (κ2) is 8.45. The van der Waals surface area contributed by atoms with Gasteiger partial charge in [-0.1, -0.05) is 0 Å². The largest absolute Gasteiger partial charge is 0.451 e. The number of nitrogens with one attached hydrogen (secondary N) is 2. The monoisotopic (exact) mass is 404 g/mol. The van der Waals surface area contributed by atoms with E-state index in [-0.39, 0.29) is 17.5 Å². The molecule has 1 aliphatic heterocycles. The number of rotatable bonds is 4. The van der Waals surface area contributed by atoms with Gasteiger partial charge in [-0.05, 0) is 0 Å². The predicted octanol–water partition coefficient (Wildman–Crippen LogP) is 0.436. The zero-order valence-corrected chi connectivity index (χ0v) is 14.1. The Morgan fingerprint density at radius 3 is 2.29 bits per heavy atom. The van der Waals surface area contributed by atoms with Crippen LogP contribution in [0.2, 0.25) is 0 Å². The Morgan fingerprint density at radius 1 is 1.11 bits per heavy atom. The van der Waals surface area contributed by atoms with Gasteiger partial charge in [0.1, 0.15) is 11.4 Å². The number of carbonyl (C=O) groups is 4. The van der Waals surface area contributed by atoms with Gasteiger partial charge in [-0.3, -0.25) is 25.2 Å². The Bertz CT molecular complexity index is 863. The van der Waals surface area contributed by atoms with E-state index in [0.717, 1.165) is 6.92 Å². The van der Waals surface area contributed by atoms with E-state index in [1.165, 1.54) is 0 Å². The molecule has 2 N–H and O–H groups in total. The summed E-state index contributed by atoms with van der Waals surface area (Å²) in [6, 6.07) is -0.0465. The third-order valence-electron chi connectivity index (χ3n) is 3.28. The van der Waals surface area contributed by atoms with Crippen molar-refractivity contribution in [1.29, 1.82) is 0 Å². The van der Waals surface area contributed by atoms with E-state index < -0.39 is 71.4 Å². The second-order valence-corrected chi connectivity index (χ2v) is 5.37. The van der Waals surface area contributed by atoms with Crippen molar-refractivity contribution in [1.82, 2.24) is 10.9 Å². The highest BCUT2D eigenvalue weighted by Gasteiger charge is 2.33. The minimum atomic E-state index is -1.87. The average molecular weight is 404 g/mol. The molecule has 150 valence electrons. The Balaban J connectivity index is 2.20. The van der Waals surface area contributed by atoms with Crippen molar-refractivity contribution >= 4 is 35.1 Å². The van der Waals surface area contributed by atoms with Gasteiger partial charge in [-0.15, -0.1) is 0 Å². The van der Waals surface area contributed by atoms with Gasteiger partial charge in [0.15, 0.2) is 29.9 Å². The van der Waals surface area contributed by atoms with Gasteiger partial charge in [-0.25, -0.2) is 22.4 Å². The summed E-state index contributed by atoms with van der Waals surface area (Å²) in [5, 5.41) is 3.42. The standard InChI is InChI=1S/C15H12F4N4O5/c1-6(24)20-21-10(25)5-28-15(27)9-2-3-11(26)23(22-9)14-12(18)7(16)4-8(17)13(14)19/h4H,2-3,5H2,1H3,(H,20,24)(H,21,25). The number of hydrazone groups is 1. The van der Waals surface area contributed by atoms with E-state index in [9.17, 15) is 36.7 Å². The lowest BCUT2D eigenvalue weighted by Gasteiger charge is -2.23. The van der Waals surface area contributed by atoms with E-state index >= 15 is 0 Å². The van der Waals surface area contributed by atoms with Crippen molar-refractivity contribution < 1.29 is 41.5 Å². The lowest BCUT2D eigenvalue weighted by molar-refractivity contribution is -0.143. The molecule has 3 amide bonds. The van der Waals surface area contributed by atoms with Crippen LogP contribution in [0.5, 0.6) is 0 Å². The van der Waals surface area contributed by atoms with Gasteiger partial charge in [0.2, 0.25) is 11.8 Å². The molecule has 0 saturated heterocycles. The molecule has 0 aromatic heterocycles. The van der Waals surface area contributed by atoms with Crippen LogP contribution in [0.1, 0.15) is 19.8 Å². The van der Waals surface area contributed by atoms with Gasteiger partial charge in [0.25, 0.3) is 5.91 Å². The number of ether oxygens (including phenoxy) is 1. The van der Waals surface area contributed by atoms with E-state index in [1.807, 2.05) is 10.9 Å². The molecule has 0 saturated carbocycles. The Hall–Kier alpha value is -3.51. The van der Waals surface area contributed by atoms with Gasteiger partial charge in [0, 0.05) is 25.8 Å². The summed E-state index contributed by atoms with van der Waals surface area (Å²) in [5.41, 5.74) is 1.91. The maximum absolute atomic E-state index is 13.9. The quantitative estimate of drug-likeness (QED) is 0.327. The Labute approximate surface area is 154 Å². The molecule has 0 fully saturated rings. The summed E-state index contributed by atoms with van der Waals surface area (Å²) < 4.78 is 59.1. The van der Waals surface area contributed by atoms with Crippen molar-refractivity contribution in [3.05, 3.63) is 29.3 Å². The number of hydrogen-bond donors (Lipinski definition) is 2. The predicted molar refractivity (Wildman–Crippen MR) is 83.3 cm³/mol. The maximum Gasteiger partial charge on any atom is 0.355 e. The van der Waals surface area contributed by atoms with Crippen LogP contribution in [0.15, 0.2) is 11.2 Å². The molecule has 13 heteroatoms. The first kappa shape index (κ1) is 20.8. The summed E-state index contributed by atoms with van der Waals surface area (Å²) in [5.74, 6) is -11.0. The topological polar surface area (TPSA) is 117 Å². The minimum absolute atomic E-state index is 0.0221. The zero-order chi connectivity index (χ0) is 21.0. The molecule has 2 rings (SSSR count). The van der Waals surface area contributed by atoms with Crippen LogP contribution in [0.25, 0.3) is 0 Å². The number of halogens is 4. The van der Waals surface area contributed by atoms with Crippen LogP contribution < -0.4 is 15.9 Å². The van der Waals surface area contributed by atoms with Crippen LogP contribution in [0, 0.1) is 23.3 Å². The van der Waals surface area contributed by atoms with Gasteiger partial charge < -0.3 is 4.74 Å². The van der Waals surface area contributed by atoms with Gasteiger partial charge in [0.05, 0.1) is 0 Å². The van der Waals surface area contributed by atoms with E-state index in [1.54, 1.807) is 0 Å². The number of esters is 1. The second-order valence-electron chi connectivity index (χ2n) is 5.37. The molecule has 0 unspecified atom stereocenters. The molecule has 0 radical (unpaired) electrons. The number of carbonyl (C=O) groups excluding carboxylic acids is 4. The van der Waals surface area contributed by atoms with E-state index in [2.05, 4.69) is 9.84 Å². The summed E-state index contributed by atoms with van der Waals surface area (Å²) in [6.07, 6.45) is -0.772. The minimum Gasteiger partial charge on any atom is -0.451 e. The summed E-state index contributed by atoms with van der Waals surface area (Å²) >= 11 is 0. The first-order chi connectivity index (χ1) is 13.1. The highest BCUT2D eigenvalue weighted by molar-refractivity contribution is 6.38. The summed E-state index contributed by atoms with van der Waals surface area (Å²) in [6.45, 7) is 0.269. The molecule has 9 nitrogen and oxygen atoms in total.